The van der Waals surface area contributed by atoms with Gasteiger partial charge in [0.25, 0.3) is 0 Å². The first kappa shape index (κ1) is 14.9. The number of sulfonamides is 1. The van der Waals surface area contributed by atoms with Gasteiger partial charge < -0.3 is 9.47 Å². The van der Waals surface area contributed by atoms with E-state index in [-0.39, 0.29) is 23.8 Å². The molecule has 21 heavy (non-hydrogen) atoms. The molecule has 0 radical (unpaired) electrons. The average molecular weight is 312 g/mol. The summed E-state index contributed by atoms with van der Waals surface area (Å²) in [6.07, 6.45) is 3.37. The molecule has 2 saturated heterocycles. The summed E-state index contributed by atoms with van der Waals surface area (Å²) >= 11 is 0. The van der Waals surface area contributed by atoms with Gasteiger partial charge in [0, 0.05) is 24.9 Å². The molecule has 0 amide bonds. The van der Waals surface area contributed by atoms with Gasteiger partial charge in [-0.2, -0.15) is 4.31 Å². The molecule has 6 nitrogen and oxygen atoms in total. The Bertz CT molecular complexity index is 578. The van der Waals surface area contributed by atoms with Crippen LogP contribution in [0.4, 0.5) is 0 Å². The highest BCUT2D eigenvalue weighted by molar-refractivity contribution is 7.89. The van der Waals surface area contributed by atoms with Gasteiger partial charge in [-0.25, -0.2) is 8.42 Å². The van der Waals surface area contributed by atoms with Gasteiger partial charge in [-0.05, 0) is 18.6 Å². The SMILES string of the molecule is CCS(=O)(=O)N1C[C@H](OCc2cccnc2)[C@H]2COC[C@H]21. The molecular weight excluding hydrogens is 292 g/mol. The third-order valence-corrected chi connectivity index (χ3v) is 6.07. The third-order valence-electron chi connectivity index (χ3n) is 4.21. The number of hydrogen-bond acceptors (Lipinski definition) is 5. The zero-order valence-electron chi connectivity index (χ0n) is 12.0. The fourth-order valence-corrected chi connectivity index (χ4v) is 4.34. The highest BCUT2D eigenvalue weighted by Crippen LogP contribution is 2.34. The molecule has 0 aromatic carbocycles. The zero-order chi connectivity index (χ0) is 14.9. The topological polar surface area (TPSA) is 68.7 Å². The average Bonchev–Trinajstić information content (AvgIpc) is 3.08. The second-order valence-corrected chi connectivity index (χ2v) is 7.66. The van der Waals surface area contributed by atoms with Gasteiger partial charge in [0.05, 0.1) is 37.7 Å². The fraction of sp³-hybridized carbons (Fsp3) is 0.643. The summed E-state index contributed by atoms with van der Waals surface area (Å²) in [4.78, 5) is 4.05. The number of fused-ring (bicyclic) bond motifs is 1. The Labute approximate surface area is 125 Å². The van der Waals surface area contributed by atoms with Crippen molar-refractivity contribution < 1.29 is 17.9 Å². The second-order valence-electron chi connectivity index (χ2n) is 5.45. The molecule has 2 aliphatic heterocycles. The summed E-state index contributed by atoms with van der Waals surface area (Å²) in [5.74, 6) is 0.244. The molecule has 3 atom stereocenters. The maximum Gasteiger partial charge on any atom is 0.214 e. The Morgan fingerprint density at radius 2 is 2.33 bits per heavy atom. The van der Waals surface area contributed by atoms with Crippen LogP contribution in [-0.4, -0.2) is 55.4 Å². The predicted octanol–water partition coefficient (Wildman–Crippen LogP) is 0.647. The van der Waals surface area contributed by atoms with E-state index in [9.17, 15) is 8.42 Å². The van der Waals surface area contributed by atoms with Crippen LogP contribution in [0.3, 0.4) is 0 Å². The van der Waals surface area contributed by atoms with Crippen molar-refractivity contribution >= 4 is 10.0 Å². The summed E-state index contributed by atoms with van der Waals surface area (Å²) in [7, 11) is -3.21. The van der Waals surface area contributed by atoms with Crippen molar-refractivity contribution in [2.75, 3.05) is 25.5 Å². The van der Waals surface area contributed by atoms with E-state index in [0.717, 1.165) is 5.56 Å². The van der Waals surface area contributed by atoms with Crippen LogP contribution in [0.1, 0.15) is 12.5 Å². The van der Waals surface area contributed by atoms with Crippen molar-refractivity contribution in [2.24, 2.45) is 5.92 Å². The number of rotatable bonds is 5. The minimum atomic E-state index is -3.21. The van der Waals surface area contributed by atoms with Crippen LogP contribution in [0.5, 0.6) is 0 Å². The quantitative estimate of drug-likeness (QED) is 0.798. The van der Waals surface area contributed by atoms with Crippen LogP contribution >= 0.6 is 0 Å². The molecule has 116 valence electrons. The van der Waals surface area contributed by atoms with Gasteiger partial charge in [-0.1, -0.05) is 6.07 Å². The Morgan fingerprint density at radius 1 is 1.48 bits per heavy atom. The van der Waals surface area contributed by atoms with Crippen molar-refractivity contribution in [1.29, 1.82) is 0 Å². The van der Waals surface area contributed by atoms with E-state index in [1.807, 2.05) is 12.1 Å². The summed E-state index contributed by atoms with van der Waals surface area (Å²) in [5, 5.41) is 0. The van der Waals surface area contributed by atoms with Crippen LogP contribution in [0.25, 0.3) is 0 Å². The molecule has 7 heteroatoms. The molecule has 0 spiro atoms. The Kier molecular flexibility index (Phi) is 4.26. The third kappa shape index (κ3) is 2.96. The van der Waals surface area contributed by atoms with Gasteiger partial charge >= 0.3 is 0 Å². The Balaban J connectivity index is 1.69. The van der Waals surface area contributed by atoms with Crippen LogP contribution < -0.4 is 0 Å². The lowest BCUT2D eigenvalue weighted by atomic mass is 10.0. The standard InChI is InChI=1S/C14H20N2O4S/c1-2-21(17,18)16-7-14(12-9-19-10-13(12)16)20-8-11-4-3-5-15-6-11/h3-6,12-14H,2,7-10H2,1H3/t12-,13+,14-/m0/s1. The van der Waals surface area contributed by atoms with E-state index in [0.29, 0.717) is 26.4 Å². The number of hydrogen-bond donors (Lipinski definition) is 0. The first-order chi connectivity index (χ1) is 10.1. The van der Waals surface area contributed by atoms with Gasteiger partial charge in [-0.15, -0.1) is 0 Å². The van der Waals surface area contributed by atoms with Crippen molar-refractivity contribution in [2.45, 2.75) is 25.7 Å². The van der Waals surface area contributed by atoms with Crippen LogP contribution in [0.15, 0.2) is 24.5 Å². The minimum Gasteiger partial charge on any atom is -0.379 e. The van der Waals surface area contributed by atoms with Crippen molar-refractivity contribution in [3.63, 3.8) is 0 Å². The van der Waals surface area contributed by atoms with E-state index < -0.39 is 10.0 Å². The number of aromatic nitrogens is 1. The predicted molar refractivity (Wildman–Crippen MR) is 77.1 cm³/mol. The summed E-state index contributed by atoms with van der Waals surface area (Å²) in [6, 6.07) is 3.74. The number of ether oxygens (including phenoxy) is 2. The largest absolute Gasteiger partial charge is 0.379 e. The first-order valence-electron chi connectivity index (χ1n) is 7.19. The van der Waals surface area contributed by atoms with Crippen LogP contribution in [0.2, 0.25) is 0 Å². The van der Waals surface area contributed by atoms with Gasteiger partial charge in [0.1, 0.15) is 0 Å². The number of pyridine rings is 1. The van der Waals surface area contributed by atoms with E-state index in [1.165, 1.54) is 0 Å². The van der Waals surface area contributed by atoms with Gasteiger partial charge in [-0.3, -0.25) is 4.98 Å². The van der Waals surface area contributed by atoms with Crippen molar-refractivity contribution in [3.05, 3.63) is 30.1 Å². The smallest absolute Gasteiger partial charge is 0.214 e. The van der Waals surface area contributed by atoms with Crippen molar-refractivity contribution in [1.82, 2.24) is 9.29 Å². The maximum absolute atomic E-state index is 12.2. The highest BCUT2D eigenvalue weighted by atomic mass is 32.2. The molecular formula is C14H20N2O4S. The highest BCUT2D eigenvalue weighted by Gasteiger charge is 2.49. The van der Waals surface area contributed by atoms with Crippen LogP contribution in [0, 0.1) is 5.92 Å². The maximum atomic E-state index is 12.2. The first-order valence-corrected chi connectivity index (χ1v) is 8.80. The van der Waals surface area contributed by atoms with Gasteiger partial charge in [0.15, 0.2) is 0 Å². The molecule has 0 bridgehead atoms. The fourth-order valence-electron chi connectivity index (χ4n) is 3.01. The minimum absolute atomic E-state index is 0.0751. The Morgan fingerprint density at radius 3 is 3.05 bits per heavy atom. The molecule has 2 aliphatic rings. The van der Waals surface area contributed by atoms with Crippen molar-refractivity contribution in [3.8, 4) is 0 Å². The summed E-state index contributed by atoms with van der Waals surface area (Å²) < 4.78 is 37.3. The molecule has 0 unspecified atom stereocenters. The monoisotopic (exact) mass is 312 g/mol. The normalized spacial score (nSPS) is 29.7. The summed E-state index contributed by atoms with van der Waals surface area (Å²) in [5.41, 5.74) is 0.991. The lowest BCUT2D eigenvalue weighted by Gasteiger charge is -2.20. The second kappa shape index (κ2) is 6.00. The molecule has 0 aliphatic carbocycles. The van der Waals surface area contributed by atoms with E-state index >= 15 is 0 Å². The van der Waals surface area contributed by atoms with E-state index in [2.05, 4.69) is 4.98 Å². The zero-order valence-corrected chi connectivity index (χ0v) is 12.8. The lowest BCUT2D eigenvalue weighted by Crippen LogP contribution is -2.39. The van der Waals surface area contributed by atoms with E-state index in [1.54, 1.807) is 23.6 Å². The molecule has 1 aromatic rings. The van der Waals surface area contributed by atoms with E-state index in [4.69, 9.17) is 9.47 Å². The molecule has 1 aromatic heterocycles. The molecule has 0 saturated carbocycles. The van der Waals surface area contributed by atoms with Crippen LogP contribution in [-0.2, 0) is 26.1 Å². The number of nitrogens with zero attached hydrogens (tertiary/aromatic N) is 2. The lowest BCUT2D eigenvalue weighted by molar-refractivity contribution is 0.0126. The summed E-state index contributed by atoms with van der Waals surface area (Å²) in [6.45, 7) is 3.58. The molecule has 3 heterocycles. The Hall–Kier alpha value is -1.02. The molecule has 3 rings (SSSR count). The molecule has 0 N–H and O–H groups in total. The molecule has 2 fully saturated rings. The van der Waals surface area contributed by atoms with Gasteiger partial charge in [0.2, 0.25) is 10.0 Å².